The molecule has 1 saturated heterocycles. The van der Waals surface area contributed by atoms with E-state index in [1.165, 1.54) is 16.4 Å². The minimum atomic E-state index is -3.62. The van der Waals surface area contributed by atoms with Gasteiger partial charge >= 0.3 is 0 Å². The lowest BCUT2D eigenvalue weighted by molar-refractivity contribution is 0.385. The van der Waals surface area contributed by atoms with Gasteiger partial charge in [-0.2, -0.15) is 4.31 Å². The molecule has 0 bridgehead atoms. The van der Waals surface area contributed by atoms with Crippen LogP contribution in [0.25, 0.3) is 0 Å². The Morgan fingerprint density at radius 2 is 1.54 bits per heavy atom. The van der Waals surface area contributed by atoms with E-state index in [0.717, 1.165) is 17.8 Å². The Hall–Kier alpha value is -1.34. The van der Waals surface area contributed by atoms with Gasteiger partial charge in [-0.05, 0) is 36.4 Å². The van der Waals surface area contributed by atoms with Crippen molar-refractivity contribution in [1.29, 1.82) is 0 Å². The summed E-state index contributed by atoms with van der Waals surface area (Å²) in [7, 11) is -3.62. The molecule has 0 unspecified atom stereocenters. The minimum absolute atomic E-state index is 0.0955. The van der Waals surface area contributed by atoms with Crippen molar-refractivity contribution >= 4 is 38.9 Å². The lowest BCUT2D eigenvalue weighted by Crippen LogP contribution is -2.48. The first-order valence-electron chi connectivity index (χ1n) is 7.34. The van der Waals surface area contributed by atoms with Crippen LogP contribution in [0.4, 0.5) is 10.1 Å². The van der Waals surface area contributed by atoms with Crippen molar-refractivity contribution in [3.63, 3.8) is 0 Å². The molecule has 128 valence electrons. The number of nitrogens with zero attached hydrogens (tertiary/aromatic N) is 2. The van der Waals surface area contributed by atoms with Gasteiger partial charge in [-0.25, -0.2) is 12.8 Å². The summed E-state index contributed by atoms with van der Waals surface area (Å²) in [5.74, 6) is -0.464. The van der Waals surface area contributed by atoms with Gasteiger partial charge in [0.15, 0.2) is 0 Å². The van der Waals surface area contributed by atoms with Gasteiger partial charge in [0.1, 0.15) is 5.82 Å². The zero-order valence-corrected chi connectivity index (χ0v) is 15.0. The molecular weight excluding hydrogens is 374 g/mol. The largest absolute Gasteiger partial charge is 0.368 e. The van der Waals surface area contributed by atoms with Crippen LogP contribution in [0.1, 0.15) is 0 Å². The fourth-order valence-corrected chi connectivity index (χ4v) is 4.50. The lowest BCUT2D eigenvalue weighted by Gasteiger charge is -2.35. The summed E-state index contributed by atoms with van der Waals surface area (Å²) in [6.45, 7) is 1.64. The van der Waals surface area contributed by atoms with E-state index in [1.807, 2.05) is 17.0 Å². The quantitative estimate of drug-likeness (QED) is 0.805. The van der Waals surface area contributed by atoms with E-state index in [-0.39, 0.29) is 4.90 Å². The van der Waals surface area contributed by atoms with E-state index in [2.05, 4.69) is 0 Å². The van der Waals surface area contributed by atoms with Gasteiger partial charge < -0.3 is 4.90 Å². The topological polar surface area (TPSA) is 40.6 Å². The third kappa shape index (κ3) is 3.37. The molecule has 2 aromatic carbocycles. The van der Waals surface area contributed by atoms with Crippen LogP contribution in [0, 0.1) is 5.82 Å². The molecule has 24 heavy (non-hydrogen) atoms. The van der Waals surface area contributed by atoms with Crippen molar-refractivity contribution in [3.05, 3.63) is 58.3 Å². The van der Waals surface area contributed by atoms with Crippen LogP contribution in [0.15, 0.2) is 47.4 Å². The number of benzene rings is 2. The van der Waals surface area contributed by atoms with Crippen LogP contribution in [0.3, 0.4) is 0 Å². The lowest BCUT2D eigenvalue weighted by atomic mass is 10.2. The zero-order chi connectivity index (χ0) is 17.3. The van der Waals surface area contributed by atoms with E-state index < -0.39 is 15.8 Å². The Morgan fingerprint density at radius 3 is 2.17 bits per heavy atom. The normalized spacial score (nSPS) is 16.4. The number of piperazine rings is 1. The van der Waals surface area contributed by atoms with Crippen LogP contribution in [0.5, 0.6) is 0 Å². The first-order valence-corrected chi connectivity index (χ1v) is 9.54. The summed E-state index contributed by atoms with van der Waals surface area (Å²) in [6, 6.07) is 10.2. The fourth-order valence-electron chi connectivity index (χ4n) is 2.66. The van der Waals surface area contributed by atoms with Crippen LogP contribution in [-0.2, 0) is 10.0 Å². The maximum atomic E-state index is 13.0. The Kier molecular flexibility index (Phi) is 5.01. The smallest absolute Gasteiger partial charge is 0.243 e. The average molecular weight is 389 g/mol. The Morgan fingerprint density at radius 1 is 0.917 bits per heavy atom. The number of hydrogen-bond acceptors (Lipinski definition) is 3. The molecule has 1 aliphatic heterocycles. The molecule has 0 radical (unpaired) electrons. The number of hydrogen-bond donors (Lipinski definition) is 0. The Balaban J connectivity index is 1.75. The second kappa shape index (κ2) is 6.88. The highest BCUT2D eigenvalue weighted by Crippen LogP contribution is 2.33. The van der Waals surface area contributed by atoms with Crippen molar-refractivity contribution in [2.45, 2.75) is 4.90 Å². The molecular formula is C16H15Cl2FN2O2S. The molecule has 0 saturated carbocycles. The predicted molar refractivity (Wildman–Crippen MR) is 93.8 cm³/mol. The summed E-state index contributed by atoms with van der Waals surface area (Å²) in [5, 5.41) is 0.935. The van der Waals surface area contributed by atoms with Crippen molar-refractivity contribution in [3.8, 4) is 0 Å². The Bertz CT molecular complexity index is 836. The van der Waals surface area contributed by atoms with Crippen LogP contribution < -0.4 is 4.90 Å². The van der Waals surface area contributed by atoms with Gasteiger partial charge in [0.2, 0.25) is 10.0 Å². The van der Waals surface area contributed by atoms with Gasteiger partial charge in [-0.15, -0.1) is 0 Å². The third-order valence-corrected chi connectivity index (χ3v) is 6.68. The summed E-state index contributed by atoms with van der Waals surface area (Å²) < 4.78 is 39.6. The summed E-state index contributed by atoms with van der Waals surface area (Å²) in [6.07, 6.45) is 0. The van der Waals surface area contributed by atoms with Gasteiger partial charge in [0.05, 0.1) is 20.6 Å². The first kappa shape index (κ1) is 17.5. The van der Waals surface area contributed by atoms with Crippen molar-refractivity contribution in [2.75, 3.05) is 31.1 Å². The fraction of sp³-hybridized carbons (Fsp3) is 0.250. The number of halogens is 3. The molecule has 4 nitrogen and oxygen atoms in total. The standard InChI is InChI=1S/C16H15Cl2FN2O2S/c17-14-2-1-3-15(16(14)18)20-8-10-21(11-9-20)24(22,23)13-6-4-12(19)5-7-13/h1-7H,8-11H2. The summed E-state index contributed by atoms with van der Waals surface area (Å²) in [5.41, 5.74) is 0.794. The van der Waals surface area contributed by atoms with Crippen molar-refractivity contribution < 1.29 is 12.8 Å². The number of anilines is 1. The molecule has 0 aromatic heterocycles. The molecule has 1 fully saturated rings. The third-order valence-electron chi connectivity index (χ3n) is 3.96. The van der Waals surface area contributed by atoms with Crippen molar-refractivity contribution in [2.24, 2.45) is 0 Å². The molecule has 8 heteroatoms. The summed E-state index contributed by atoms with van der Waals surface area (Å²) >= 11 is 12.3. The monoisotopic (exact) mass is 388 g/mol. The van der Waals surface area contributed by atoms with E-state index in [1.54, 1.807) is 6.07 Å². The highest BCUT2D eigenvalue weighted by molar-refractivity contribution is 7.89. The van der Waals surface area contributed by atoms with Gasteiger partial charge in [0.25, 0.3) is 0 Å². The molecule has 2 aromatic rings. The Labute approximate surface area is 150 Å². The second-order valence-corrected chi connectivity index (χ2v) is 8.14. The highest BCUT2D eigenvalue weighted by atomic mass is 35.5. The molecule has 0 amide bonds. The van der Waals surface area contributed by atoms with Gasteiger partial charge in [-0.1, -0.05) is 29.3 Å². The van der Waals surface area contributed by atoms with Gasteiger partial charge in [0, 0.05) is 26.2 Å². The number of rotatable bonds is 3. The van der Waals surface area contributed by atoms with Crippen LogP contribution >= 0.6 is 23.2 Å². The van der Waals surface area contributed by atoms with Crippen molar-refractivity contribution in [1.82, 2.24) is 4.31 Å². The number of sulfonamides is 1. The molecule has 0 aliphatic carbocycles. The highest BCUT2D eigenvalue weighted by Gasteiger charge is 2.29. The van der Waals surface area contributed by atoms with Crippen LogP contribution in [-0.4, -0.2) is 38.9 Å². The molecule has 1 heterocycles. The van der Waals surface area contributed by atoms with E-state index in [9.17, 15) is 12.8 Å². The van der Waals surface area contributed by atoms with E-state index in [4.69, 9.17) is 23.2 Å². The maximum absolute atomic E-state index is 13.0. The van der Waals surface area contributed by atoms with Gasteiger partial charge in [-0.3, -0.25) is 0 Å². The van der Waals surface area contributed by atoms with Crippen LogP contribution in [0.2, 0.25) is 10.0 Å². The molecule has 1 aliphatic rings. The maximum Gasteiger partial charge on any atom is 0.243 e. The SMILES string of the molecule is O=S(=O)(c1ccc(F)cc1)N1CCN(c2cccc(Cl)c2Cl)CC1. The second-order valence-electron chi connectivity index (χ2n) is 5.42. The molecule has 3 rings (SSSR count). The van der Waals surface area contributed by atoms with E-state index >= 15 is 0 Å². The zero-order valence-electron chi connectivity index (χ0n) is 12.6. The summed E-state index contributed by atoms with van der Waals surface area (Å²) in [4.78, 5) is 2.10. The average Bonchev–Trinajstić information content (AvgIpc) is 2.58. The minimum Gasteiger partial charge on any atom is -0.368 e. The molecule has 0 atom stereocenters. The van der Waals surface area contributed by atoms with E-state index in [0.29, 0.717) is 36.2 Å². The first-order chi connectivity index (χ1) is 11.4. The molecule has 0 spiro atoms. The molecule has 0 N–H and O–H groups in total. The predicted octanol–water partition coefficient (Wildman–Crippen LogP) is 3.64.